The first kappa shape index (κ1) is 25.4. The van der Waals surface area contributed by atoms with Crippen molar-refractivity contribution in [3.63, 3.8) is 0 Å². The van der Waals surface area contributed by atoms with Crippen molar-refractivity contribution in [1.29, 1.82) is 0 Å². The van der Waals surface area contributed by atoms with Gasteiger partial charge in [0.05, 0.1) is 10.7 Å². The number of likely N-dealkylation sites (tertiary alicyclic amines) is 1. The largest absolute Gasteiger partial charge is 0.384 e. The van der Waals surface area contributed by atoms with Crippen LogP contribution in [0.3, 0.4) is 0 Å². The maximum atomic E-state index is 6.67. The van der Waals surface area contributed by atoms with Crippen molar-refractivity contribution < 1.29 is 0 Å². The standard InChI is InChI=1S/C27H35ClN4S/c1-21(26(27(28)31-22(2)29-3)33-25-14-8-5-9-15-25)30-19-23-13-10-17-32(18-16-23)20-24-11-6-4-7-12-24/h4-9,11-12,14-15,23,30H,1,10,13,16-20H2,2-3H3,(H,29,31)/b27-26+. The van der Waals surface area contributed by atoms with Gasteiger partial charge in [-0.3, -0.25) is 9.89 Å². The smallest absolute Gasteiger partial charge is 0.123 e. The molecule has 0 bridgehead atoms. The first-order valence-corrected chi connectivity index (χ1v) is 12.8. The van der Waals surface area contributed by atoms with Crippen molar-refractivity contribution in [3.8, 4) is 0 Å². The van der Waals surface area contributed by atoms with Crippen molar-refractivity contribution in [2.24, 2.45) is 10.9 Å². The number of nitrogens with zero attached hydrogens (tertiary/aromatic N) is 2. The summed E-state index contributed by atoms with van der Waals surface area (Å²) in [4.78, 5) is 8.76. The number of hydrogen-bond acceptors (Lipinski definition) is 4. The van der Waals surface area contributed by atoms with Gasteiger partial charge >= 0.3 is 0 Å². The second-order valence-electron chi connectivity index (χ2n) is 8.41. The van der Waals surface area contributed by atoms with Crippen LogP contribution in [0.25, 0.3) is 0 Å². The third-order valence-electron chi connectivity index (χ3n) is 5.86. The molecule has 2 N–H and O–H groups in total. The van der Waals surface area contributed by atoms with Crippen LogP contribution in [-0.4, -0.2) is 37.4 Å². The van der Waals surface area contributed by atoms with Crippen LogP contribution < -0.4 is 10.6 Å². The summed E-state index contributed by atoms with van der Waals surface area (Å²) in [6.45, 7) is 10.4. The van der Waals surface area contributed by atoms with Gasteiger partial charge in [0.1, 0.15) is 5.16 Å². The van der Waals surface area contributed by atoms with E-state index in [2.05, 4.69) is 69.6 Å². The molecule has 1 unspecified atom stereocenters. The summed E-state index contributed by atoms with van der Waals surface area (Å²) in [5, 5.41) is 7.30. The molecule has 3 rings (SSSR count). The van der Waals surface area contributed by atoms with Crippen molar-refractivity contribution in [2.45, 2.75) is 37.6 Å². The Morgan fingerprint density at radius 2 is 1.79 bits per heavy atom. The van der Waals surface area contributed by atoms with Gasteiger partial charge in [-0.1, -0.05) is 78.5 Å². The van der Waals surface area contributed by atoms with E-state index in [0.29, 0.717) is 11.1 Å². The van der Waals surface area contributed by atoms with Gasteiger partial charge in [-0.2, -0.15) is 0 Å². The van der Waals surface area contributed by atoms with E-state index in [1.54, 1.807) is 18.8 Å². The van der Waals surface area contributed by atoms with Crippen molar-refractivity contribution in [1.82, 2.24) is 15.5 Å². The average molecular weight is 483 g/mol. The Labute approximate surface area is 208 Å². The van der Waals surface area contributed by atoms with Gasteiger partial charge in [-0.05, 0) is 62.9 Å². The van der Waals surface area contributed by atoms with E-state index in [-0.39, 0.29) is 0 Å². The molecule has 6 heteroatoms. The Balaban J connectivity index is 1.58. The lowest BCUT2D eigenvalue weighted by Crippen LogP contribution is -2.27. The van der Waals surface area contributed by atoms with Gasteiger partial charge < -0.3 is 10.6 Å². The molecule has 0 aromatic heterocycles. The van der Waals surface area contributed by atoms with E-state index in [9.17, 15) is 0 Å². The second kappa shape index (κ2) is 13.5. The summed E-state index contributed by atoms with van der Waals surface area (Å²) in [7, 11) is 1.75. The van der Waals surface area contributed by atoms with Crippen molar-refractivity contribution in [3.05, 3.63) is 88.6 Å². The molecule has 0 spiro atoms. The van der Waals surface area contributed by atoms with Crippen molar-refractivity contribution in [2.75, 3.05) is 26.7 Å². The first-order valence-electron chi connectivity index (χ1n) is 11.6. The van der Waals surface area contributed by atoms with Crippen LogP contribution in [-0.2, 0) is 6.54 Å². The van der Waals surface area contributed by atoms with Crippen LogP contribution in [0.4, 0.5) is 0 Å². The van der Waals surface area contributed by atoms with Gasteiger partial charge in [0, 0.05) is 30.7 Å². The summed E-state index contributed by atoms with van der Waals surface area (Å²) < 4.78 is 0. The summed E-state index contributed by atoms with van der Waals surface area (Å²) in [6.07, 6.45) is 3.64. The highest BCUT2D eigenvalue weighted by molar-refractivity contribution is 8.03. The molecule has 4 nitrogen and oxygen atoms in total. The fraction of sp³-hybridized carbons (Fsp3) is 0.370. The molecule has 1 aliphatic heterocycles. The lowest BCUT2D eigenvalue weighted by atomic mass is 10.0. The molecule has 0 aliphatic carbocycles. The number of thioether (sulfide) groups is 1. The van der Waals surface area contributed by atoms with E-state index in [4.69, 9.17) is 11.6 Å². The molecule has 1 saturated heterocycles. The second-order valence-corrected chi connectivity index (χ2v) is 9.87. The molecule has 176 valence electrons. The fourth-order valence-electron chi connectivity index (χ4n) is 3.89. The Morgan fingerprint density at radius 1 is 1.09 bits per heavy atom. The summed E-state index contributed by atoms with van der Waals surface area (Å²) in [6, 6.07) is 21.0. The average Bonchev–Trinajstić information content (AvgIpc) is 3.07. The van der Waals surface area contributed by atoms with Crippen LogP contribution in [0.1, 0.15) is 31.7 Å². The minimum atomic E-state index is 0.541. The zero-order valence-corrected chi connectivity index (χ0v) is 21.3. The van der Waals surface area contributed by atoms with Crippen LogP contribution in [0.5, 0.6) is 0 Å². The lowest BCUT2D eigenvalue weighted by molar-refractivity contribution is 0.272. The molecule has 1 fully saturated rings. The molecule has 0 saturated carbocycles. The number of hydrogen-bond donors (Lipinski definition) is 2. The molecular formula is C27H35ClN4S. The minimum Gasteiger partial charge on any atom is -0.384 e. The summed E-state index contributed by atoms with van der Waals surface area (Å²) in [5.41, 5.74) is 2.24. The maximum Gasteiger partial charge on any atom is 0.123 e. The third kappa shape index (κ3) is 8.58. The van der Waals surface area contributed by atoms with Gasteiger partial charge in [0.25, 0.3) is 0 Å². The Morgan fingerprint density at radius 3 is 2.48 bits per heavy atom. The number of nitrogens with one attached hydrogen (secondary N) is 2. The zero-order valence-electron chi connectivity index (χ0n) is 19.7. The molecule has 0 radical (unpaired) electrons. The number of rotatable bonds is 9. The molecule has 1 atom stereocenters. The Bertz CT molecular complexity index is 943. The van der Waals surface area contributed by atoms with Crippen LogP contribution in [0, 0.1) is 5.92 Å². The van der Waals surface area contributed by atoms with E-state index in [0.717, 1.165) is 47.5 Å². The normalized spacial score (nSPS) is 18.3. The van der Waals surface area contributed by atoms with Crippen LogP contribution in [0.15, 0.2) is 92.9 Å². The van der Waals surface area contributed by atoms with Gasteiger partial charge in [0.15, 0.2) is 0 Å². The number of aliphatic imine (C=N–C) groups is 1. The molecule has 1 aliphatic rings. The van der Waals surface area contributed by atoms with Gasteiger partial charge in [0.2, 0.25) is 0 Å². The van der Waals surface area contributed by atoms with Gasteiger partial charge in [-0.25, -0.2) is 0 Å². The van der Waals surface area contributed by atoms with E-state index < -0.39 is 0 Å². The third-order valence-corrected chi connectivity index (χ3v) is 7.41. The topological polar surface area (TPSA) is 39.7 Å². The lowest BCUT2D eigenvalue weighted by Gasteiger charge is -2.21. The fourth-order valence-corrected chi connectivity index (χ4v) is 5.12. The minimum absolute atomic E-state index is 0.541. The van der Waals surface area contributed by atoms with Crippen molar-refractivity contribution >= 4 is 29.2 Å². The van der Waals surface area contributed by atoms with E-state index >= 15 is 0 Å². The Hall–Kier alpha value is -2.21. The SMILES string of the molecule is C=C(NCC1CCCN(Cc2ccccc2)CC1)/C(Sc1ccccc1)=C(/Cl)NC(C)=NC. The first-order chi connectivity index (χ1) is 16.0. The molecular weight excluding hydrogens is 448 g/mol. The zero-order chi connectivity index (χ0) is 23.5. The number of halogens is 1. The maximum absolute atomic E-state index is 6.67. The molecule has 0 amide bonds. The van der Waals surface area contributed by atoms with E-state index in [1.807, 2.05) is 25.1 Å². The molecule has 33 heavy (non-hydrogen) atoms. The highest BCUT2D eigenvalue weighted by Gasteiger charge is 2.19. The quantitative estimate of drug-likeness (QED) is 0.146. The number of amidine groups is 1. The predicted molar refractivity (Wildman–Crippen MR) is 144 cm³/mol. The predicted octanol–water partition coefficient (Wildman–Crippen LogP) is 6.23. The highest BCUT2D eigenvalue weighted by atomic mass is 35.5. The van der Waals surface area contributed by atoms with Gasteiger partial charge in [-0.15, -0.1) is 0 Å². The highest BCUT2D eigenvalue weighted by Crippen LogP contribution is 2.33. The van der Waals surface area contributed by atoms with Crippen LogP contribution >= 0.6 is 23.4 Å². The van der Waals surface area contributed by atoms with Crippen LogP contribution in [0.2, 0.25) is 0 Å². The number of benzene rings is 2. The summed E-state index contributed by atoms with van der Waals surface area (Å²) >= 11 is 8.28. The van der Waals surface area contributed by atoms with E-state index in [1.165, 1.54) is 24.8 Å². The molecule has 2 aromatic rings. The monoisotopic (exact) mass is 482 g/mol. The molecule has 1 heterocycles. The Kier molecular flexibility index (Phi) is 10.4. The molecule has 2 aromatic carbocycles. The summed E-state index contributed by atoms with van der Waals surface area (Å²) in [5.74, 6) is 1.39.